The molecule has 12 rings (SSSR count). The van der Waals surface area contributed by atoms with Gasteiger partial charge in [0.1, 0.15) is 5.82 Å². The first kappa shape index (κ1) is 51.1. The molecular weight excluding hydrogens is 957 g/mol. The molecule has 0 spiro atoms. The molecule has 1 atom stereocenters. The van der Waals surface area contributed by atoms with E-state index in [2.05, 4.69) is 297 Å². The van der Waals surface area contributed by atoms with Gasteiger partial charge in [-0.25, -0.2) is 15.0 Å². The van der Waals surface area contributed by atoms with Crippen molar-refractivity contribution < 1.29 is 0 Å². The average molecular weight is 1030 g/mol. The van der Waals surface area contributed by atoms with Crippen LogP contribution < -0.4 is 0 Å². The molecule has 1 aliphatic carbocycles. The monoisotopic (exact) mass is 1020 g/mol. The second kappa shape index (κ2) is 20.2. The van der Waals surface area contributed by atoms with Crippen molar-refractivity contribution in [3.8, 4) is 73.0 Å². The van der Waals surface area contributed by atoms with Crippen LogP contribution in [0.2, 0.25) is 0 Å². The van der Waals surface area contributed by atoms with E-state index in [1.54, 1.807) is 0 Å². The summed E-state index contributed by atoms with van der Waals surface area (Å²) in [7, 11) is 0. The summed E-state index contributed by atoms with van der Waals surface area (Å²) in [6, 6.07) is 77.3. The van der Waals surface area contributed by atoms with Crippen molar-refractivity contribution >= 4 is 27.4 Å². The van der Waals surface area contributed by atoms with Crippen LogP contribution in [0.15, 0.2) is 231 Å². The van der Waals surface area contributed by atoms with Crippen molar-refractivity contribution in [2.24, 2.45) is 0 Å². The third-order valence-electron chi connectivity index (χ3n) is 15.8. The molecule has 0 amide bonds. The van der Waals surface area contributed by atoms with Gasteiger partial charge in [0.05, 0.1) is 16.7 Å². The number of fused-ring (bicyclic) bond motifs is 3. The number of benzene rings is 9. The Balaban J connectivity index is 1.17. The minimum absolute atomic E-state index is 0.0503. The van der Waals surface area contributed by atoms with E-state index in [1.165, 1.54) is 49.6 Å². The number of hydrogen-bond donors (Lipinski definition) is 0. The number of nitrogens with zero attached hydrogens (tertiary/aromatic N) is 4. The van der Waals surface area contributed by atoms with Gasteiger partial charge in [0.15, 0.2) is 11.6 Å². The summed E-state index contributed by atoms with van der Waals surface area (Å²) in [5.41, 5.74) is 20.2. The molecular formula is C75H68N4. The highest BCUT2D eigenvalue weighted by molar-refractivity contribution is 6.13. The molecule has 0 saturated heterocycles. The number of rotatable bonds is 9. The maximum absolute atomic E-state index is 5.61. The number of aromatic nitrogens is 4. The molecule has 1 unspecified atom stereocenters. The predicted octanol–water partition coefficient (Wildman–Crippen LogP) is 20.0. The first-order chi connectivity index (χ1) is 38.0. The molecule has 0 saturated carbocycles. The Kier molecular flexibility index (Phi) is 13.1. The van der Waals surface area contributed by atoms with E-state index in [1.807, 2.05) is 0 Å². The van der Waals surface area contributed by atoms with Gasteiger partial charge < -0.3 is 4.57 Å². The molecule has 0 N–H and O–H groups in total. The van der Waals surface area contributed by atoms with Crippen molar-refractivity contribution in [2.75, 3.05) is 0 Å². The van der Waals surface area contributed by atoms with Gasteiger partial charge >= 0.3 is 0 Å². The van der Waals surface area contributed by atoms with Gasteiger partial charge in [-0.2, -0.15) is 0 Å². The molecule has 9 aromatic carbocycles. The van der Waals surface area contributed by atoms with Gasteiger partial charge in [0.25, 0.3) is 0 Å². The van der Waals surface area contributed by atoms with Crippen LogP contribution in [-0.4, -0.2) is 19.5 Å². The van der Waals surface area contributed by atoms with Crippen LogP contribution in [0.25, 0.3) is 100 Å². The Hall–Kier alpha value is -8.73. The fourth-order valence-corrected chi connectivity index (χ4v) is 11.4. The molecule has 2 heterocycles. The summed E-state index contributed by atoms with van der Waals surface area (Å²) in [6.45, 7) is 21.1. The van der Waals surface area contributed by atoms with Gasteiger partial charge in [0, 0.05) is 38.9 Å². The van der Waals surface area contributed by atoms with E-state index >= 15 is 0 Å². The lowest BCUT2D eigenvalue weighted by atomic mass is 9.79. The second-order valence-corrected chi connectivity index (χ2v) is 24.5. The van der Waals surface area contributed by atoms with Gasteiger partial charge in [-0.15, -0.1) is 0 Å². The summed E-state index contributed by atoms with van der Waals surface area (Å²) < 4.78 is 2.60. The molecule has 388 valence electrons. The maximum atomic E-state index is 5.61. The molecule has 0 radical (unpaired) electrons. The van der Waals surface area contributed by atoms with Crippen LogP contribution in [0.5, 0.6) is 0 Å². The van der Waals surface area contributed by atoms with Crippen LogP contribution in [0.4, 0.5) is 0 Å². The number of hydrogen-bond acceptors (Lipinski definition) is 3. The molecule has 1 aliphatic rings. The quantitative estimate of drug-likeness (QED) is 0.145. The summed E-state index contributed by atoms with van der Waals surface area (Å²) >= 11 is 0. The van der Waals surface area contributed by atoms with Gasteiger partial charge in [-0.1, -0.05) is 244 Å². The standard InChI is InChI=1S/C75H68N4/c1-73(2,3)60-39-40-67-64(46-60)65-47-61(74(4,5)6)48-66(75(7,8)9)69(65)79(67)68-62(53-31-21-13-22-32-53)44-59(45-63(68)54-33-23-14-24-34-54)72-77-70(55-37-35-52(36-38-55)49-25-15-10-16-26-49)76-71(78-72)58-42-56(50-27-17-11-18-28-50)41-57(43-58)51-29-19-12-20-30-51/h10-37,39-48,55H,38H2,1-9H3. The van der Waals surface area contributed by atoms with Gasteiger partial charge in [0.2, 0.25) is 0 Å². The Morgan fingerprint density at radius 3 is 1.32 bits per heavy atom. The van der Waals surface area contributed by atoms with Crippen LogP contribution in [0.1, 0.15) is 103 Å². The number of allylic oxidation sites excluding steroid dienone is 4. The Labute approximate surface area is 467 Å². The third kappa shape index (κ3) is 10.1. The van der Waals surface area contributed by atoms with E-state index in [0.717, 1.165) is 73.6 Å². The summed E-state index contributed by atoms with van der Waals surface area (Å²) in [6.07, 6.45) is 7.59. The van der Waals surface area contributed by atoms with E-state index in [-0.39, 0.29) is 22.2 Å². The molecule has 11 aromatic rings. The van der Waals surface area contributed by atoms with E-state index in [4.69, 9.17) is 15.0 Å². The molecule has 79 heavy (non-hydrogen) atoms. The van der Waals surface area contributed by atoms with Crippen molar-refractivity contribution in [3.05, 3.63) is 259 Å². The predicted molar refractivity (Wildman–Crippen MR) is 334 cm³/mol. The Morgan fingerprint density at radius 1 is 0.392 bits per heavy atom. The molecule has 0 aliphatic heterocycles. The van der Waals surface area contributed by atoms with Crippen LogP contribution in [-0.2, 0) is 16.2 Å². The first-order valence-corrected chi connectivity index (χ1v) is 27.9. The van der Waals surface area contributed by atoms with E-state index in [9.17, 15) is 0 Å². The zero-order valence-electron chi connectivity index (χ0n) is 47.0. The normalized spacial score (nSPS) is 14.0. The summed E-state index contributed by atoms with van der Waals surface area (Å²) in [4.78, 5) is 16.7. The average Bonchev–Trinajstić information content (AvgIpc) is 3.30. The summed E-state index contributed by atoms with van der Waals surface area (Å²) in [5.74, 6) is 1.92. The Morgan fingerprint density at radius 2 is 0.848 bits per heavy atom. The summed E-state index contributed by atoms with van der Waals surface area (Å²) in [5, 5.41) is 2.52. The molecule has 4 heteroatoms. The topological polar surface area (TPSA) is 43.6 Å². The van der Waals surface area contributed by atoms with E-state index < -0.39 is 0 Å². The minimum atomic E-state index is -0.196. The van der Waals surface area contributed by atoms with Crippen molar-refractivity contribution in [1.29, 1.82) is 0 Å². The van der Waals surface area contributed by atoms with Crippen molar-refractivity contribution in [1.82, 2.24) is 19.5 Å². The highest BCUT2D eigenvalue weighted by Gasteiger charge is 2.31. The largest absolute Gasteiger partial charge is 0.308 e. The smallest absolute Gasteiger partial charge is 0.163 e. The van der Waals surface area contributed by atoms with Crippen molar-refractivity contribution in [2.45, 2.75) is 90.9 Å². The van der Waals surface area contributed by atoms with Gasteiger partial charge in [-0.05, 0) is 132 Å². The molecule has 0 bridgehead atoms. The first-order valence-electron chi connectivity index (χ1n) is 27.9. The van der Waals surface area contributed by atoms with Crippen LogP contribution >= 0.6 is 0 Å². The lowest BCUT2D eigenvalue weighted by Gasteiger charge is -2.28. The molecule has 4 nitrogen and oxygen atoms in total. The molecule has 2 aromatic heterocycles. The fourth-order valence-electron chi connectivity index (χ4n) is 11.4. The maximum Gasteiger partial charge on any atom is 0.163 e. The second-order valence-electron chi connectivity index (χ2n) is 24.5. The zero-order valence-corrected chi connectivity index (χ0v) is 47.0. The SMILES string of the molecule is CC(C)(C)c1ccc2c(c1)c1cc(C(C)(C)C)cc(C(C)(C)C)c1n2-c1c(-c2ccccc2)cc(-c2nc(-c3cc(-c4ccccc4)cc(-c4ccccc4)c3)nc(C3C=CC(c4ccccc4)=CC3)n2)cc1-c1ccccc1. The third-order valence-corrected chi connectivity index (χ3v) is 15.8. The van der Waals surface area contributed by atoms with E-state index in [0.29, 0.717) is 11.6 Å². The van der Waals surface area contributed by atoms with Crippen LogP contribution in [0.3, 0.4) is 0 Å². The lowest BCUT2D eigenvalue weighted by molar-refractivity contribution is 0.572. The van der Waals surface area contributed by atoms with Crippen LogP contribution in [0, 0.1) is 0 Å². The Bertz CT molecular complexity index is 3990. The highest BCUT2D eigenvalue weighted by atomic mass is 15.0. The lowest BCUT2D eigenvalue weighted by Crippen LogP contribution is -2.18. The zero-order chi connectivity index (χ0) is 54.6. The minimum Gasteiger partial charge on any atom is -0.308 e. The van der Waals surface area contributed by atoms with Gasteiger partial charge in [-0.3, -0.25) is 0 Å². The fraction of sp³-hybridized carbons (Fsp3) is 0.187. The van der Waals surface area contributed by atoms with Crippen molar-refractivity contribution in [3.63, 3.8) is 0 Å². The highest BCUT2D eigenvalue weighted by Crippen LogP contribution is 2.48. The molecule has 0 fully saturated rings.